The van der Waals surface area contributed by atoms with Crippen molar-refractivity contribution in [2.75, 3.05) is 11.1 Å². The molecule has 0 spiro atoms. The van der Waals surface area contributed by atoms with Crippen molar-refractivity contribution >= 4 is 46.4 Å². The first-order valence-corrected chi connectivity index (χ1v) is 7.65. The molecule has 2 aromatic heterocycles. The molecule has 0 unspecified atom stereocenters. The fourth-order valence-corrected chi connectivity index (χ4v) is 2.91. The lowest BCUT2D eigenvalue weighted by Gasteiger charge is -2.09. The average Bonchev–Trinajstić information content (AvgIpc) is 2.91. The van der Waals surface area contributed by atoms with Crippen molar-refractivity contribution in [3.63, 3.8) is 0 Å². The molecule has 0 atom stereocenters. The molecule has 0 saturated carbocycles. The van der Waals surface area contributed by atoms with Gasteiger partial charge in [0.2, 0.25) is 5.91 Å². The molecule has 1 amide bonds. The van der Waals surface area contributed by atoms with Gasteiger partial charge in [-0.25, -0.2) is 9.97 Å². The molecule has 0 bridgehead atoms. The molecule has 0 aliphatic heterocycles. The standard InChI is InChI=1S/C11H7ClF3N3OS2/c12-7-3-6(11(13,14)15)4-17-9(7)18-8(19)5-21-10-16-1-2-20-10/h1-4H,5H2,(H,17,18,19). The van der Waals surface area contributed by atoms with E-state index in [1.807, 2.05) is 0 Å². The summed E-state index contributed by atoms with van der Waals surface area (Å²) in [5.74, 6) is -0.467. The summed E-state index contributed by atoms with van der Waals surface area (Å²) < 4.78 is 38.1. The molecular formula is C11H7ClF3N3OS2. The van der Waals surface area contributed by atoms with E-state index in [4.69, 9.17) is 11.6 Å². The number of halogens is 4. The quantitative estimate of drug-likeness (QED) is 0.846. The second kappa shape index (κ2) is 6.63. The fourth-order valence-electron chi connectivity index (χ4n) is 1.26. The predicted octanol–water partition coefficient (Wildman–Crippen LogP) is 3.94. The first-order chi connectivity index (χ1) is 9.86. The highest BCUT2D eigenvalue weighted by molar-refractivity contribution is 8.01. The van der Waals surface area contributed by atoms with Crippen LogP contribution in [0.25, 0.3) is 0 Å². The molecule has 112 valence electrons. The highest BCUT2D eigenvalue weighted by Crippen LogP contribution is 2.32. The van der Waals surface area contributed by atoms with E-state index in [-0.39, 0.29) is 16.6 Å². The van der Waals surface area contributed by atoms with E-state index in [9.17, 15) is 18.0 Å². The first kappa shape index (κ1) is 16.1. The Morgan fingerprint density at radius 1 is 1.43 bits per heavy atom. The molecule has 0 aliphatic carbocycles. The van der Waals surface area contributed by atoms with Gasteiger partial charge in [-0.15, -0.1) is 11.3 Å². The maximum Gasteiger partial charge on any atom is 0.417 e. The monoisotopic (exact) mass is 353 g/mol. The molecule has 0 saturated heterocycles. The van der Waals surface area contributed by atoms with Crippen molar-refractivity contribution in [1.29, 1.82) is 0 Å². The number of aromatic nitrogens is 2. The summed E-state index contributed by atoms with van der Waals surface area (Å²) in [6.45, 7) is 0. The van der Waals surface area contributed by atoms with E-state index in [0.717, 1.165) is 10.4 Å². The zero-order valence-electron chi connectivity index (χ0n) is 10.1. The number of hydrogen-bond donors (Lipinski definition) is 1. The van der Waals surface area contributed by atoms with Crippen molar-refractivity contribution in [3.8, 4) is 0 Å². The number of amides is 1. The van der Waals surface area contributed by atoms with Gasteiger partial charge in [-0.2, -0.15) is 13.2 Å². The lowest BCUT2D eigenvalue weighted by Crippen LogP contribution is -2.16. The number of rotatable bonds is 4. The Labute approximate surface area is 130 Å². The van der Waals surface area contributed by atoms with Crippen LogP contribution in [-0.2, 0) is 11.0 Å². The molecule has 0 fully saturated rings. The average molecular weight is 354 g/mol. The summed E-state index contributed by atoms with van der Waals surface area (Å²) in [4.78, 5) is 19.2. The van der Waals surface area contributed by atoms with Crippen LogP contribution in [0.3, 0.4) is 0 Å². The van der Waals surface area contributed by atoms with Crippen LogP contribution < -0.4 is 5.32 Å². The molecular weight excluding hydrogens is 347 g/mol. The van der Waals surface area contributed by atoms with Gasteiger partial charge in [0.1, 0.15) is 4.34 Å². The molecule has 0 aliphatic rings. The Morgan fingerprint density at radius 2 is 2.19 bits per heavy atom. The summed E-state index contributed by atoms with van der Waals surface area (Å²) in [5.41, 5.74) is -0.970. The predicted molar refractivity (Wildman–Crippen MR) is 75.7 cm³/mol. The van der Waals surface area contributed by atoms with Gasteiger partial charge in [0.25, 0.3) is 0 Å². The SMILES string of the molecule is O=C(CSc1nccs1)Nc1ncc(C(F)(F)F)cc1Cl. The van der Waals surface area contributed by atoms with Crippen LogP contribution in [0.4, 0.5) is 19.0 Å². The number of nitrogens with one attached hydrogen (secondary N) is 1. The van der Waals surface area contributed by atoms with Crippen molar-refractivity contribution in [3.05, 3.63) is 34.4 Å². The summed E-state index contributed by atoms with van der Waals surface area (Å²) in [5, 5.41) is 3.86. The van der Waals surface area contributed by atoms with E-state index in [2.05, 4.69) is 15.3 Å². The van der Waals surface area contributed by atoms with Gasteiger partial charge < -0.3 is 5.32 Å². The summed E-state index contributed by atoms with van der Waals surface area (Å²) in [6, 6.07) is 0.720. The zero-order chi connectivity index (χ0) is 15.5. The van der Waals surface area contributed by atoms with E-state index in [0.29, 0.717) is 6.20 Å². The Hall–Kier alpha value is -1.32. The van der Waals surface area contributed by atoms with Crippen LogP contribution >= 0.6 is 34.7 Å². The van der Waals surface area contributed by atoms with Gasteiger partial charge in [0, 0.05) is 17.8 Å². The Bertz CT molecular complexity index is 634. The van der Waals surface area contributed by atoms with Crippen LogP contribution in [0, 0.1) is 0 Å². The summed E-state index contributed by atoms with van der Waals surface area (Å²) in [6.07, 6.45) is -2.30. The molecule has 4 nitrogen and oxygen atoms in total. The number of carbonyl (C=O) groups is 1. The molecule has 2 rings (SSSR count). The first-order valence-electron chi connectivity index (χ1n) is 5.41. The van der Waals surface area contributed by atoms with Crippen molar-refractivity contribution in [1.82, 2.24) is 9.97 Å². The number of hydrogen-bond acceptors (Lipinski definition) is 5. The number of pyridine rings is 1. The van der Waals surface area contributed by atoms with E-state index < -0.39 is 17.6 Å². The van der Waals surface area contributed by atoms with Gasteiger partial charge in [-0.05, 0) is 6.07 Å². The van der Waals surface area contributed by atoms with Gasteiger partial charge in [0.05, 0.1) is 16.3 Å². The number of carbonyl (C=O) groups excluding carboxylic acids is 1. The van der Waals surface area contributed by atoms with Gasteiger partial charge in [-0.3, -0.25) is 4.79 Å². The fraction of sp³-hybridized carbons (Fsp3) is 0.182. The number of thiazole rings is 1. The highest BCUT2D eigenvalue weighted by Gasteiger charge is 2.31. The minimum atomic E-state index is -4.53. The Morgan fingerprint density at radius 3 is 2.76 bits per heavy atom. The molecule has 2 aromatic rings. The maximum atomic E-state index is 12.4. The third-order valence-corrected chi connectivity index (χ3v) is 4.42. The number of alkyl halides is 3. The minimum Gasteiger partial charge on any atom is -0.309 e. The van der Waals surface area contributed by atoms with Crippen LogP contribution in [0.5, 0.6) is 0 Å². The topological polar surface area (TPSA) is 54.9 Å². The van der Waals surface area contributed by atoms with Gasteiger partial charge >= 0.3 is 6.18 Å². The van der Waals surface area contributed by atoms with Crippen LogP contribution in [0.15, 0.2) is 28.2 Å². The number of thioether (sulfide) groups is 1. The highest BCUT2D eigenvalue weighted by atomic mass is 35.5. The molecule has 10 heteroatoms. The van der Waals surface area contributed by atoms with Crippen molar-refractivity contribution < 1.29 is 18.0 Å². The molecule has 2 heterocycles. The smallest absolute Gasteiger partial charge is 0.309 e. The van der Waals surface area contributed by atoms with E-state index >= 15 is 0 Å². The second-order valence-electron chi connectivity index (χ2n) is 3.69. The van der Waals surface area contributed by atoms with Crippen LogP contribution in [0.2, 0.25) is 5.02 Å². The lowest BCUT2D eigenvalue weighted by atomic mass is 10.3. The third kappa shape index (κ3) is 4.58. The van der Waals surface area contributed by atoms with E-state index in [1.165, 1.54) is 23.1 Å². The zero-order valence-corrected chi connectivity index (χ0v) is 12.5. The maximum absolute atomic E-state index is 12.4. The molecule has 0 radical (unpaired) electrons. The van der Waals surface area contributed by atoms with Crippen molar-refractivity contribution in [2.24, 2.45) is 0 Å². The van der Waals surface area contributed by atoms with Crippen molar-refractivity contribution in [2.45, 2.75) is 10.5 Å². The largest absolute Gasteiger partial charge is 0.417 e. The minimum absolute atomic E-state index is 0.0620. The summed E-state index contributed by atoms with van der Waals surface area (Å²) >= 11 is 8.28. The number of nitrogens with zero attached hydrogens (tertiary/aromatic N) is 2. The van der Waals surface area contributed by atoms with E-state index in [1.54, 1.807) is 11.6 Å². The van der Waals surface area contributed by atoms with Crippen LogP contribution in [-0.4, -0.2) is 21.6 Å². The van der Waals surface area contributed by atoms with Gasteiger partial charge in [0.15, 0.2) is 5.82 Å². The van der Waals surface area contributed by atoms with Gasteiger partial charge in [-0.1, -0.05) is 23.4 Å². The van der Waals surface area contributed by atoms with Crippen LogP contribution in [0.1, 0.15) is 5.56 Å². The molecule has 0 aromatic carbocycles. The lowest BCUT2D eigenvalue weighted by molar-refractivity contribution is -0.137. The second-order valence-corrected chi connectivity index (χ2v) is 6.21. The Kier molecular flexibility index (Phi) is 5.07. The third-order valence-electron chi connectivity index (χ3n) is 2.16. The normalized spacial score (nSPS) is 11.4. The molecule has 1 N–H and O–H groups in total. The Balaban J connectivity index is 1.97. The molecule has 21 heavy (non-hydrogen) atoms. The number of anilines is 1. The summed E-state index contributed by atoms with van der Waals surface area (Å²) in [7, 11) is 0.